The normalized spacial score (nSPS) is 10.4. The van der Waals surface area contributed by atoms with E-state index < -0.39 is 5.97 Å². The van der Waals surface area contributed by atoms with Crippen molar-refractivity contribution in [3.63, 3.8) is 0 Å². The first kappa shape index (κ1) is 18.8. The van der Waals surface area contributed by atoms with Gasteiger partial charge in [0, 0.05) is 25.7 Å². The third kappa shape index (κ3) is 7.54. The van der Waals surface area contributed by atoms with Gasteiger partial charge >= 0.3 is 12.0 Å². The van der Waals surface area contributed by atoms with Crippen LogP contribution in [0.4, 0.5) is 4.79 Å². The molecule has 0 heterocycles. The SMILES string of the molecule is CC(C)CCOc1ccccc1CNC(=O)N(C)CCC(=O)O. The minimum atomic E-state index is -0.923. The molecule has 2 amide bonds. The molecule has 6 nitrogen and oxygen atoms in total. The van der Waals surface area contributed by atoms with Crippen molar-refractivity contribution in [2.75, 3.05) is 20.2 Å². The number of hydrogen-bond donors (Lipinski definition) is 2. The second kappa shape index (κ2) is 9.71. The molecule has 0 atom stereocenters. The van der Waals surface area contributed by atoms with Crippen LogP contribution in [-0.2, 0) is 11.3 Å². The van der Waals surface area contributed by atoms with Gasteiger partial charge < -0.3 is 20.1 Å². The van der Waals surface area contributed by atoms with Crippen LogP contribution in [-0.4, -0.2) is 42.2 Å². The van der Waals surface area contributed by atoms with Crippen molar-refractivity contribution in [1.82, 2.24) is 10.2 Å². The zero-order chi connectivity index (χ0) is 17.2. The number of aliphatic carboxylic acids is 1. The van der Waals surface area contributed by atoms with Gasteiger partial charge in [0.1, 0.15) is 5.75 Å². The number of rotatable bonds is 9. The second-order valence-corrected chi connectivity index (χ2v) is 5.86. The fourth-order valence-electron chi connectivity index (χ4n) is 1.87. The summed E-state index contributed by atoms with van der Waals surface area (Å²) in [5, 5.41) is 11.4. The standard InChI is InChI=1S/C17H26N2O4/c1-13(2)9-11-23-15-7-5-4-6-14(15)12-18-17(22)19(3)10-8-16(20)21/h4-7,13H,8-12H2,1-3H3,(H,18,22)(H,20,21). The predicted molar refractivity (Wildman–Crippen MR) is 88.5 cm³/mol. The van der Waals surface area contributed by atoms with E-state index in [0.29, 0.717) is 19.1 Å². The van der Waals surface area contributed by atoms with Gasteiger partial charge in [-0.2, -0.15) is 0 Å². The topological polar surface area (TPSA) is 78.9 Å². The van der Waals surface area contributed by atoms with Gasteiger partial charge in [0.05, 0.1) is 13.0 Å². The van der Waals surface area contributed by atoms with E-state index in [2.05, 4.69) is 19.2 Å². The molecule has 23 heavy (non-hydrogen) atoms. The van der Waals surface area contributed by atoms with Crippen molar-refractivity contribution in [3.8, 4) is 5.75 Å². The Hall–Kier alpha value is -2.24. The summed E-state index contributed by atoms with van der Waals surface area (Å²) in [6.45, 7) is 5.44. The molecule has 0 aliphatic heterocycles. The van der Waals surface area contributed by atoms with Crippen molar-refractivity contribution in [1.29, 1.82) is 0 Å². The third-order valence-corrected chi connectivity index (χ3v) is 3.36. The highest BCUT2D eigenvalue weighted by Crippen LogP contribution is 2.18. The zero-order valence-electron chi connectivity index (χ0n) is 14.0. The molecular formula is C17H26N2O4. The lowest BCUT2D eigenvalue weighted by atomic mass is 10.1. The van der Waals surface area contributed by atoms with Crippen LogP contribution in [0.3, 0.4) is 0 Å². The Kier molecular flexibility index (Phi) is 7.94. The second-order valence-electron chi connectivity index (χ2n) is 5.86. The maximum Gasteiger partial charge on any atom is 0.317 e. The lowest BCUT2D eigenvalue weighted by Gasteiger charge is -2.18. The number of carboxylic acids is 1. The zero-order valence-corrected chi connectivity index (χ0v) is 14.0. The van der Waals surface area contributed by atoms with E-state index in [4.69, 9.17) is 9.84 Å². The molecule has 0 aliphatic rings. The molecule has 0 aromatic heterocycles. The summed E-state index contributed by atoms with van der Waals surface area (Å²) in [6, 6.07) is 7.28. The molecule has 1 aromatic carbocycles. The van der Waals surface area contributed by atoms with Gasteiger partial charge in [-0.05, 0) is 18.4 Å². The van der Waals surface area contributed by atoms with Crippen LogP contribution >= 0.6 is 0 Å². The molecular weight excluding hydrogens is 296 g/mol. The minimum Gasteiger partial charge on any atom is -0.493 e. The molecule has 2 N–H and O–H groups in total. The predicted octanol–water partition coefficient (Wildman–Crippen LogP) is 2.73. The maximum atomic E-state index is 11.9. The Balaban J connectivity index is 2.50. The monoisotopic (exact) mass is 322 g/mol. The lowest BCUT2D eigenvalue weighted by Crippen LogP contribution is -2.38. The third-order valence-electron chi connectivity index (χ3n) is 3.36. The van der Waals surface area contributed by atoms with Gasteiger partial charge in [-0.25, -0.2) is 4.79 Å². The Morgan fingerprint density at radius 3 is 2.65 bits per heavy atom. The highest BCUT2D eigenvalue weighted by molar-refractivity contribution is 5.75. The first-order valence-electron chi connectivity index (χ1n) is 7.81. The summed E-state index contributed by atoms with van der Waals surface area (Å²) in [7, 11) is 1.57. The number of nitrogens with zero attached hydrogens (tertiary/aromatic N) is 1. The summed E-state index contributed by atoms with van der Waals surface area (Å²) in [6.07, 6.45) is 0.900. The number of nitrogens with one attached hydrogen (secondary N) is 1. The van der Waals surface area contributed by atoms with Crippen LogP contribution in [0.25, 0.3) is 0 Å². The number of carbonyl (C=O) groups is 2. The average Bonchev–Trinajstić information content (AvgIpc) is 2.50. The van der Waals surface area contributed by atoms with Crippen molar-refractivity contribution < 1.29 is 19.4 Å². The van der Waals surface area contributed by atoms with E-state index in [1.54, 1.807) is 7.05 Å². The van der Waals surface area contributed by atoms with Crippen molar-refractivity contribution in [2.45, 2.75) is 33.2 Å². The van der Waals surface area contributed by atoms with Crippen molar-refractivity contribution in [3.05, 3.63) is 29.8 Å². The minimum absolute atomic E-state index is 0.0706. The van der Waals surface area contributed by atoms with E-state index in [1.165, 1.54) is 4.90 Å². The molecule has 0 spiro atoms. The van der Waals surface area contributed by atoms with Crippen LogP contribution in [0.5, 0.6) is 5.75 Å². The molecule has 0 saturated heterocycles. The smallest absolute Gasteiger partial charge is 0.317 e. The lowest BCUT2D eigenvalue weighted by molar-refractivity contribution is -0.137. The number of carboxylic acid groups (broad SMARTS) is 1. The van der Waals surface area contributed by atoms with E-state index in [0.717, 1.165) is 17.7 Å². The molecule has 1 rings (SSSR count). The maximum absolute atomic E-state index is 11.9. The van der Waals surface area contributed by atoms with Gasteiger partial charge in [-0.1, -0.05) is 32.0 Å². The van der Waals surface area contributed by atoms with Crippen LogP contribution in [0.15, 0.2) is 24.3 Å². The number of hydrogen-bond acceptors (Lipinski definition) is 3. The molecule has 0 bridgehead atoms. The first-order chi connectivity index (χ1) is 10.9. The summed E-state index contributed by atoms with van der Waals surface area (Å²) in [4.78, 5) is 23.8. The van der Waals surface area contributed by atoms with Gasteiger partial charge in [0.25, 0.3) is 0 Å². The quantitative estimate of drug-likeness (QED) is 0.733. The van der Waals surface area contributed by atoms with Crippen molar-refractivity contribution >= 4 is 12.0 Å². The molecule has 1 aromatic rings. The molecule has 128 valence electrons. The number of ether oxygens (including phenoxy) is 1. The number of carbonyl (C=O) groups excluding carboxylic acids is 1. The van der Waals surface area contributed by atoms with E-state index in [1.807, 2.05) is 24.3 Å². The van der Waals surface area contributed by atoms with Gasteiger partial charge in [-0.15, -0.1) is 0 Å². The van der Waals surface area contributed by atoms with Crippen LogP contribution in [0.1, 0.15) is 32.3 Å². The van der Waals surface area contributed by atoms with E-state index in [9.17, 15) is 9.59 Å². The summed E-state index contributed by atoms with van der Waals surface area (Å²) in [5.74, 6) is 0.417. The van der Waals surface area contributed by atoms with E-state index in [-0.39, 0.29) is 19.0 Å². The Morgan fingerprint density at radius 2 is 2.00 bits per heavy atom. The fraction of sp³-hybridized carbons (Fsp3) is 0.529. The van der Waals surface area contributed by atoms with Gasteiger partial charge in [0.15, 0.2) is 0 Å². The molecule has 0 fully saturated rings. The van der Waals surface area contributed by atoms with E-state index >= 15 is 0 Å². The molecule has 0 aliphatic carbocycles. The molecule has 0 saturated carbocycles. The highest BCUT2D eigenvalue weighted by Gasteiger charge is 2.11. The number of urea groups is 1. The number of amides is 2. The van der Waals surface area contributed by atoms with Crippen LogP contribution in [0.2, 0.25) is 0 Å². The van der Waals surface area contributed by atoms with Crippen LogP contribution in [0, 0.1) is 5.92 Å². The fourth-order valence-corrected chi connectivity index (χ4v) is 1.87. The first-order valence-corrected chi connectivity index (χ1v) is 7.81. The number of benzene rings is 1. The molecule has 0 radical (unpaired) electrons. The molecule has 0 unspecified atom stereocenters. The highest BCUT2D eigenvalue weighted by atomic mass is 16.5. The Labute approximate surface area is 137 Å². The summed E-state index contributed by atoms with van der Waals surface area (Å²) in [5.41, 5.74) is 0.899. The largest absolute Gasteiger partial charge is 0.493 e. The van der Waals surface area contributed by atoms with Gasteiger partial charge in [-0.3, -0.25) is 4.79 Å². The summed E-state index contributed by atoms with van der Waals surface area (Å²) < 4.78 is 5.78. The van der Waals surface area contributed by atoms with Crippen molar-refractivity contribution in [2.24, 2.45) is 5.92 Å². The average molecular weight is 322 g/mol. The number of para-hydroxylation sites is 1. The Bertz CT molecular complexity index is 517. The van der Waals surface area contributed by atoms with Gasteiger partial charge in [0.2, 0.25) is 0 Å². The van der Waals surface area contributed by atoms with Crippen LogP contribution < -0.4 is 10.1 Å². The molecule has 6 heteroatoms. The Morgan fingerprint density at radius 1 is 1.30 bits per heavy atom. The summed E-state index contributed by atoms with van der Waals surface area (Å²) >= 11 is 0.